The van der Waals surface area contributed by atoms with E-state index < -0.39 is 0 Å². The first-order valence-corrected chi connectivity index (χ1v) is 7.94. The van der Waals surface area contributed by atoms with E-state index in [9.17, 15) is 4.79 Å². The van der Waals surface area contributed by atoms with Gasteiger partial charge in [0.05, 0.1) is 0 Å². The average molecular weight is 289 g/mol. The van der Waals surface area contributed by atoms with Gasteiger partial charge in [0.15, 0.2) is 0 Å². The number of rotatable bonds is 4. The molecule has 2 rings (SSSR count). The largest absolute Gasteiger partial charge is 0.322 e. The van der Waals surface area contributed by atoms with Gasteiger partial charge in [0.2, 0.25) is 0 Å². The van der Waals surface area contributed by atoms with Gasteiger partial charge in [-0.1, -0.05) is 24.1 Å². The van der Waals surface area contributed by atoms with E-state index in [1.807, 2.05) is 36.1 Å². The average Bonchev–Trinajstić information content (AvgIpc) is 2.48. The van der Waals surface area contributed by atoms with Crippen LogP contribution >= 0.6 is 0 Å². The molecule has 1 atom stereocenters. The summed E-state index contributed by atoms with van der Waals surface area (Å²) in [6.07, 6.45) is 3.65. The molecule has 0 saturated carbocycles. The Labute approximate surface area is 127 Å². The van der Waals surface area contributed by atoms with Gasteiger partial charge in [0.1, 0.15) is 0 Å². The quantitative estimate of drug-likeness (QED) is 0.892. The van der Waals surface area contributed by atoms with Crippen LogP contribution in [0.2, 0.25) is 0 Å². The molecule has 1 saturated heterocycles. The topological polar surface area (TPSA) is 44.4 Å². The number of aryl methyl sites for hydroxylation is 1. The van der Waals surface area contributed by atoms with Gasteiger partial charge in [-0.2, -0.15) is 0 Å². The predicted octanol–water partition coefficient (Wildman–Crippen LogP) is 3.38. The van der Waals surface area contributed by atoms with Gasteiger partial charge in [-0.3, -0.25) is 0 Å². The van der Waals surface area contributed by atoms with E-state index in [0.29, 0.717) is 6.04 Å². The number of carbonyl (C=O) groups excluding carboxylic acids is 1. The summed E-state index contributed by atoms with van der Waals surface area (Å²) in [6.45, 7) is 8.02. The fraction of sp³-hybridized carbons (Fsp3) is 0.588. The van der Waals surface area contributed by atoms with Crippen LogP contribution in [0.5, 0.6) is 0 Å². The lowest BCUT2D eigenvalue weighted by Crippen LogP contribution is -2.49. The fourth-order valence-electron chi connectivity index (χ4n) is 2.68. The van der Waals surface area contributed by atoms with Gasteiger partial charge < -0.3 is 15.5 Å². The van der Waals surface area contributed by atoms with Crippen molar-refractivity contribution in [1.82, 2.24) is 10.2 Å². The first-order chi connectivity index (χ1) is 10.1. The molecule has 2 amide bonds. The maximum absolute atomic E-state index is 12.5. The third-order valence-corrected chi connectivity index (χ3v) is 4.02. The number of nitrogens with zero attached hydrogens (tertiary/aromatic N) is 1. The summed E-state index contributed by atoms with van der Waals surface area (Å²) in [6, 6.07) is 8.52. The molecular weight excluding hydrogens is 262 g/mol. The molecule has 1 aliphatic rings. The summed E-state index contributed by atoms with van der Waals surface area (Å²) in [5.74, 6) is 0. The Morgan fingerprint density at radius 2 is 2.05 bits per heavy atom. The summed E-state index contributed by atoms with van der Waals surface area (Å²) in [7, 11) is 0. The van der Waals surface area contributed by atoms with Crippen molar-refractivity contribution in [3.63, 3.8) is 0 Å². The Bertz CT molecular complexity index is 450. The summed E-state index contributed by atoms with van der Waals surface area (Å²) >= 11 is 0. The lowest BCUT2D eigenvalue weighted by atomic mass is 10.0. The molecule has 1 aromatic rings. The molecule has 1 unspecified atom stereocenters. The van der Waals surface area contributed by atoms with Crippen molar-refractivity contribution in [3.8, 4) is 0 Å². The van der Waals surface area contributed by atoms with Crippen LogP contribution < -0.4 is 10.6 Å². The number of hydrogen-bond donors (Lipinski definition) is 2. The van der Waals surface area contributed by atoms with Crippen molar-refractivity contribution < 1.29 is 4.79 Å². The normalized spacial score (nSPS) is 18.6. The van der Waals surface area contributed by atoms with Crippen LogP contribution in [0.15, 0.2) is 24.3 Å². The van der Waals surface area contributed by atoms with Crippen molar-refractivity contribution >= 4 is 11.7 Å². The predicted molar refractivity (Wildman–Crippen MR) is 87.7 cm³/mol. The van der Waals surface area contributed by atoms with Crippen LogP contribution in [-0.2, 0) is 0 Å². The summed E-state index contributed by atoms with van der Waals surface area (Å²) in [4.78, 5) is 14.4. The van der Waals surface area contributed by atoms with Gasteiger partial charge in [0, 0.05) is 24.3 Å². The fourth-order valence-corrected chi connectivity index (χ4v) is 2.68. The Kier molecular flexibility index (Phi) is 5.62. The summed E-state index contributed by atoms with van der Waals surface area (Å²) in [5.41, 5.74) is 2.05. The lowest BCUT2D eigenvalue weighted by molar-refractivity contribution is 0.183. The third-order valence-electron chi connectivity index (χ3n) is 4.02. The Hall–Kier alpha value is -1.55. The van der Waals surface area contributed by atoms with E-state index in [0.717, 1.165) is 25.2 Å². The van der Waals surface area contributed by atoms with Crippen molar-refractivity contribution in [2.24, 2.45) is 0 Å². The number of urea groups is 1. The number of nitrogens with one attached hydrogen (secondary N) is 2. The zero-order valence-corrected chi connectivity index (χ0v) is 13.4. The van der Waals surface area contributed by atoms with Gasteiger partial charge in [-0.05, 0) is 52.3 Å². The van der Waals surface area contributed by atoms with Crippen LogP contribution in [-0.4, -0.2) is 36.1 Å². The van der Waals surface area contributed by atoms with Crippen LogP contribution in [0, 0.1) is 6.92 Å². The van der Waals surface area contributed by atoms with Crippen LogP contribution in [0.3, 0.4) is 0 Å². The van der Waals surface area contributed by atoms with E-state index in [4.69, 9.17) is 0 Å². The number of piperidine rings is 1. The van der Waals surface area contributed by atoms with E-state index in [1.165, 1.54) is 18.4 Å². The van der Waals surface area contributed by atoms with Crippen molar-refractivity contribution in [2.45, 2.75) is 52.1 Å². The molecule has 2 N–H and O–H groups in total. The maximum Gasteiger partial charge on any atom is 0.322 e. The maximum atomic E-state index is 12.5. The molecule has 0 aliphatic carbocycles. The van der Waals surface area contributed by atoms with E-state index in [1.54, 1.807) is 0 Å². The first-order valence-electron chi connectivity index (χ1n) is 7.94. The Morgan fingerprint density at radius 3 is 2.62 bits per heavy atom. The Morgan fingerprint density at radius 1 is 1.33 bits per heavy atom. The van der Waals surface area contributed by atoms with Gasteiger partial charge in [-0.25, -0.2) is 4.79 Å². The van der Waals surface area contributed by atoms with E-state index in [-0.39, 0.29) is 12.1 Å². The van der Waals surface area contributed by atoms with Gasteiger partial charge in [0.25, 0.3) is 0 Å². The molecule has 0 aromatic heterocycles. The second-order valence-electron chi connectivity index (χ2n) is 6.19. The highest BCUT2D eigenvalue weighted by Crippen LogP contribution is 2.14. The Balaban J connectivity index is 1.96. The molecule has 21 heavy (non-hydrogen) atoms. The highest BCUT2D eigenvalue weighted by molar-refractivity contribution is 5.89. The molecule has 116 valence electrons. The summed E-state index contributed by atoms with van der Waals surface area (Å²) in [5, 5.41) is 6.51. The molecule has 0 bridgehead atoms. The standard InChI is InChI=1S/C17H27N3O/c1-13(2)20(12-16-6-4-5-11-18-16)17(21)19-15-9-7-14(3)8-10-15/h7-10,13,16,18H,4-6,11-12H2,1-3H3,(H,19,21). The highest BCUT2D eigenvalue weighted by Gasteiger charge is 2.22. The van der Waals surface area contributed by atoms with Crippen molar-refractivity contribution in [3.05, 3.63) is 29.8 Å². The molecule has 1 heterocycles. The number of carbonyl (C=O) groups is 1. The molecule has 0 spiro atoms. The summed E-state index contributed by atoms with van der Waals surface area (Å²) < 4.78 is 0. The van der Waals surface area contributed by atoms with E-state index >= 15 is 0 Å². The second-order valence-corrected chi connectivity index (χ2v) is 6.19. The van der Waals surface area contributed by atoms with Gasteiger partial charge in [-0.15, -0.1) is 0 Å². The minimum Gasteiger partial charge on any atom is -0.321 e. The monoisotopic (exact) mass is 289 g/mol. The van der Waals surface area contributed by atoms with Crippen molar-refractivity contribution in [2.75, 3.05) is 18.4 Å². The second kappa shape index (κ2) is 7.46. The SMILES string of the molecule is Cc1ccc(NC(=O)N(CC2CCCCN2)C(C)C)cc1. The molecule has 1 aliphatic heterocycles. The minimum absolute atomic E-state index is 0.0128. The first kappa shape index (κ1) is 15.8. The van der Waals surface area contributed by atoms with Crippen LogP contribution in [0.25, 0.3) is 0 Å². The zero-order valence-electron chi connectivity index (χ0n) is 13.4. The number of anilines is 1. The minimum atomic E-state index is -0.0128. The molecule has 4 nitrogen and oxygen atoms in total. The molecule has 4 heteroatoms. The van der Waals surface area contributed by atoms with E-state index in [2.05, 4.69) is 24.5 Å². The molecule has 0 radical (unpaired) electrons. The third kappa shape index (κ3) is 4.74. The number of amides is 2. The lowest BCUT2D eigenvalue weighted by Gasteiger charge is -2.33. The molecule has 1 fully saturated rings. The molecular formula is C17H27N3O. The number of benzene rings is 1. The van der Waals surface area contributed by atoms with Crippen molar-refractivity contribution in [1.29, 1.82) is 0 Å². The number of hydrogen-bond acceptors (Lipinski definition) is 2. The highest BCUT2D eigenvalue weighted by atomic mass is 16.2. The zero-order chi connectivity index (χ0) is 15.2. The van der Waals surface area contributed by atoms with Crippen LogP contribution in [0.4, 0.5) is 10.5 Å². The van der Waals surface area contributed by atoms with Gasteiger partial charge >= 0.3 is 6.03 Å². The van der Waals surface area contributed by atoms with Crippen LogP contribution in [0.1, 0.15) is 38.7 Å². The smallest absolute Gasteiger partial charge is 0.321 e. The molecule has 1 aromatic carbocycles.